The predicted octanol–water partition coefficient (Wildman–Crippen LogP) is 4.06. The van der Waals surface area contributed by atoms with Crippen LogP contribution in [-0.4, -0.2) is 78.2 Å². The summed E-state index contributed by atoms with van der Waals surface area (Å²) in [7, 11) is 1.48. The van der Waals surface area contributed by atoms with E-state index >= 15 is 0 Å². The van der Waals surface area contributed by atoms with Gasteiger partial charge in [-0.3, -0.25) is 9.69 Å². The second-order valence-electron chi connectivity index (χ2n) is 9.48. The van der Waals surface area contributed by atoms with Crippen molar-refractivity contribution in [3.05, 3.63) is 41.2 Å². The Kier molecular flexibility index (Phi) is 7.03. The first-order chi connectivity index (χ1) is 17.3. The van der Waals surface area contributed by atoms with Gasteiger partial charge in [-0.2, -0.15) is 13.2 Å². The van der Waals surface area contributed by atoms with Crippen LogP contribution in [0.2, 0.25) is 0 Å². The molecular formula is C25H30F3N5O3. The maximum absolute atomic E-state index is 13.3. The second-order valence-corrected chi connectivity index (χ2v) is 9.48. The van der Waals surface area contributed by atoms with E-state index in [2.05, 4.69) is 20.2 Å². The zero-order valence-corrected chi connectivity index (χ0v) is 20.2. The molecule has 36 heavy (non-hydrogen) atoms. The van der Waals surface area contributed by atoms with Gasteiger partial charge in [0.15, 0.2) is 0 Å². The normalized spacial score (nSPS) is 19.8. The molecule has 1 N–H and O–H groups in total. The molecule has 0 bridgehead atoms. The van der Waals surface area contributed by atoms with Crippen molar-refractivity contribution in [2.45, 2.75) is 43.8 Å². The average molecular weight is 506 g/mol. The Morgan fingerprint density at radius 3 is 2.47 bits per heavy atom. The van der Waals surface area contributed by atoms with Crippen LogP contribution in [0.15, 0.2) is 24.4 Å². The molecule has 0 unspecified atom stereocenters. The molecule has 3 fully saturated rings. The van der Waals surface area contributed by atoms with Gasteiger partial charge in [-0.25, -0.2) is 9.97 Å². The second kappa shape index (κ2) is 10.2. The number of alkyl halides is 3. The number of nitrogens with zero attached hydrogens (tertiary/aromatic N) is 4. The molecule has 0 atom stereocenters. The van der Waals surface area contributed by atoms with Crippen molar-refractivity contribution < 1.29 is 27.4 Å². The third-order valence-electron chi connectivity index (χ3n) is 7.10. The number of nitrogens with one attached hydrogen (secondary N) is 1. The van der Waals surface area contributed by atoms with Crippen molar-refractivity contribution in [1.29, 1.82) is 0 Å². The number of ether oxygens (including phenoxy) is 2. The number of hydrogen-bond acceptors (Lipinski definition) is 7. The van der Waals surface area contributed by atoms with E-state index in [1.54, 1.807) is 18.2 Å². The SMILES string of the molecule is COc1cc(C(=O)N2CCC(N3CCOCC3)CC2)ccc1Nc1ncc(C(F)(F)F)c(C2CC2)n1. The maximum Gasteiger partial charge on any atom is 0.419 e. The van der Waals surface area contributed by atoms with Crippen LogP contribution in [0.1, 0.15) is 53.2 Å². The van der Waals surface area contributed by atoms with E-state index in [1.807, 2.05) is 4.90 Å². The molecule has 11 heteroatoms. The van der Waals surface area contributed by atoms with Gasteiger partial charge in [0, 0.05) is 49.9 Å². The first-order valence-electron chi connectivity index (χ1n) is 12.3. The number of carbonyl (C=O) groups excluding carboxylic acids is 1. The molecule has 2 aromatic rings. The minimum absolute atomic E-state index is 0.0197. The van der Waals surface area contributed by atoms with E-state index < -0.39 is 11.7 Å². The third-order valence-corrected chi connectivity index (χ3v) is 7.10. The highest BCUT2D eigenvalue weighted by Crippen LogP contribution is 2.45. The Bertz CT molecular complexity index is 1090. The number of morpholine rings is 1. The van der Waals surface area contributed by atoms with Crippen molar-refractivity contribution in [3.63, 3.8) is 0 Å². The van der Waals surface area contributed by atoms with Crippen molar-refractivity contribution in [3.8, 4) is 5.75 Å². The number of rotatable bonds is 6. The van der Waals surface area contributed by atoms with E-state index in [0.717, 1.165) is 45.3 Å². The number of piperidine rings is 1. The predicted molar refractivity (Wildman–Crippen MR) is 127 cm³/mol. The molecule has 3 heterocycles. The fraction of sp³-hybridized carbons (Fsp3) is 0.560. The minimum Gasteiger partial charge on any atom is -0.495 e. The van der Waals surface area contributed by atoms with Crippen molar-refractivity contribution in [1.82, 2.24) is 19.8 Å². The summed E-state index contributed by atoms with van der Waals surface area (Å²) < 4.78 is 50.9. The van der Waals surface area contributed by atoms with Gasteiger partial charge in [-0.15, -0.1) is 0 Å². The number of amides is 1. The Labute approximate surface area is 207 Å². The van der Waals surface area contributed by atoms with Crippen molar-refractivity contribution in [2.75, 3.05) is 51.8 Å². The van der Waals surface area contributed by atoms with Gasteiger partial charge in [0.2, 0.25) is 5.95 Å². The van der Waals surface area contributed by atoms with Crippen LogP contribution in [0.4, 0.5) is 24.8 Å². The lowest BCUT2D eigenvalue weighted by atomic mass is 10.0. The summed E-state index contributed by atoms with van der Waals surface area (Å²) in [4.78, 5) is 25.5. The molecule has 1 amide bonds. The molecule has 194 valence electrons. The number of halogens is 3. The fourth-order valence-corrected chi connectivity index (χ4v) is 4.95. The van der Waals surface area contributed by atoms with Gasteiger partial charge in [-0.05, 0) is 43.9 Å². The maximum atomic E-state index is 13.3. The molecule has 1 aromatic carbocycles. The highest BCUT2D eigenvalue weighted by Gasteiger charge is 2.40. The molecule has 5 rings (SSSR count). The number of anilines is 2. The highest BCUT2D eigenvalue weighted by atomic mass is 19.4. The lowest BCUT2D eigenvalue weighted by Gasteiger charge is -2.40. The largest absolute Gasteiger partial charge is 0.495 e. The zero-order chi connectivity index (χ0) is 25.3. The van der Waals surface area contributed by atoms with Crippen molar-refractivity contribution >= 4 is 17.5 Å². The van der Waals surface area contributed by atoms with Gasteiger partial charge >= 0.3 is 6.18 Å². The van der Waals surface area contributed by atoms with Gasteiger partial charge in [-0.1, -0.05) is 0 Å². The quantitative estimate of drug-likeness (QED) is 0.634. The van der Waals surface area contributed by atoms with Crippen LogP contribution < -0.4 is 10.1 Å². The molecule has 8 nitrogen and oxygen atoms in total. The van der Waals surface area contributed by atoms with E-state index in [-0.39, 0.29) is 23.5 Å². The lowest BCUT2D eigenvalue weighted by molar-refractivity contribution is -0.138. The molecule has 0 radical (unpaired) electrons. The van der Waals surface area contributed by atoms with Gasteiger partial charge in [0.05, 0.1) is 37.3 Å². The van der Waals surface area contributed by atoms with Gasteiger partial charge < -0.3 is 19.7 Å². The van der Waals surface area contributed by atoms with Crippen LogP contribution in [0, 0.1) is 0 Å². The van der Waals surface area contributed by atoms with Gasteiger partial charge in [0.1, 0.15) is 5.75 Å². The smallest absolute Gasteiger partial charge is 0.419 e. The minimum atomic E-state index is -4.49. The molecule has 3 aliphatic rings. The first-order valence-corrected chi connectivity index (χ1v) is 12.3. The van der Waals surface area contributed by atoms with E-state index in [9.17, 15) is 18.0 Å². The molecular weight excluding hydrogens is 475 g/mol. The topological polar surface area (TPSA) is 79.8 Å². The summed E-state index contributed by atoms with van der Waals surface area (Å²) in [6.45, 7) is 4.78. The number of hydrogen-bond donors (Lipinski definition) is 1. The average Bonchev–Trinajstić information content (AvgIpc) is 3.74. The van der Waals surface area contributed by atoms with Crippen LogP contribution in [0.25, 0.3) is 0 Å². The third kappa shape index (κ3) is 5.41. The summed E-state index contributed by atoms with van der Waals surface area (Å²) in [6.07, 6.45) is -0.443. The van der Waals surface area contributed by atoms with Crippen LogP contribution >= 0.6 is 0 Å². The Balaban J connectivity index is 1.27. The Hall–Kier alpha value is -2.92. The molecule has 2 saturated heterocycles. The highest BCUT2D eigenvalue weighted by molar-refractivity contribution is 5.95. The van der Waals surface area contributed by atoms with Crippen LogP contribution in [0.5, 0.6) is 5.75 Å². The number of likely N-dealkylation sites (tertiary alicyclic amines) is 1. The number of methoxy groups -OCH3 is 1. The summed E-state index contributed by atoms with van der Waals surface area (Å²) in [5.41, 5.74) is 0.197. The Morgan fingerprint density at radius 1 is 1.11 bits per heavy atom. The summed E-state index contributed by atoms with van der Waals surface area (Å²) in [6, 6.07) is 5.48. The van der Waals surface area contributed by atoms with Crippen molar-refractivity contribution in [2.24, 2.45) is 0 Å². The van der Waals surface area contributed by atoms with Crippen LogP contribution in [-0.2, 0) is 10.9 Å². The summed E-state index contributed by atoms with van der Waals surface area (Å²) in [5, 5.41) is 2.96. The van der Waals surface area contributed by atoms with Crippen LogP contribution in [0.3, 0.4) is 0 Å². The monoisotopic (exact) mass is 505 g/mol. The summed E-state index contributed by atoms with van der Waals surface area (Å²) in [5.74, 6) is 0.189. The number of aromatic nitrogens is 2. The van der Waals surface area contributed by atoms with Gasteiger partial charge in [0.25, 0.3) is 5.91 Å². The Morgan fingerprint density at radius 2 is 1.83 bits per heavy atom. The van der Waals surface area contributed by atoms with E-state index in [0.29, 0.717) is 49.0 Å². The summed E-state index contributed by atoms with van der Waals surface area (Å²) >= 11 is 0. The number of carbonyl (C=O) groups is 1. The molecule has 1 saturated carbocycles. The molecule has 0 spiro atoms. The fourth-order valence-electron chi connectivity index (χ4n) is 4.95. The molecule has 2 aliphatic heterocycles. The molecule has 1 aromatic heterocycles. The standard InChI is InChI=1S/C25H30F3N5O3/c1-35-21-14-17(23(34)33-8-6-18(7-9-33)32-10-12-36-13-11-32)4-5-20(21)30-24-29-15-19(25(26,27)28)22(31-24)16-2-3-16/h4-5,14-16,18H,2-3,6-13H2,1H3,(H,29,30,31). The number of benzene rings is 1. The molecule has 1 aliphatic carbocycles. The first kappa shape index (κ1) is 24.8. The zero-order valence-electron chi connectivity index (χ0n) is 20.2. The van der Waals surface area contributed by atoms with E-state index in [4.69, 9.17) is 9.47 Å². The van der Waals surface area contributed by atoms with E-state index in [1.165, 1.54) is 7.11 Å². The lowest BCUT2D eigenvalue weighted by Crippen LogP contribution is -2.50.